The summed E-state index contributed by atoms with van der Waals surface area (Å²) >= 11 is 1.92. The van der Waals surface area contributed by atoms with Crippen LogP contribution in [0.2, 0.25) is 0 Å². The van der Waals surface area contributed by atoms with Crippen molar-refractivity contribution in [3.05, 3.63) is 39.7 Å². The van der Waals surface area contributed by atoms with Gasteiger partial charge in [-0.25, -0.2) is 0 Å². The van der Waals surface area contributed by atoms with Crippen molar-refractivity contribution in [3.63, 3.8) is 0 Å². The van der Waals surface area contributed by atoms with Gasteiger partial charge in [-0.3, -0.25) is 14.6 Å². The highest BCUT2D eigenvalue weighted by Gasteiger charge is 2.33. The van der Waals surface area contributed by atoms with Crippen molar-refractivity contribution in [2.45, 2.75) is 31.1 Å². The Morgan fingerprint density at radius 2 is 2.11 bits per heavy atom. The van der Waals surface area contributed by atoms with Gasteiger partial charge in [0.1, 0.15) is 0 Å². The number of H-pyrrole nitrogens is 1. The standard InChI is InChI=1S/C15H18N2OS/c1-9-10(11-7-13(18)17(4)16-11)5-6-12-14(9)15(2,3)8-19-12/h5-7,16H,8H2,1-4H3. The molecule has 0 fully saturated rings. The number of hydrogen-bond donors (Lipinski definition) is 1. The Morgan fingerprint density at radius 3 is 2.74 bits per heavy atom. The van der Waals surface area contributed by atoms with Gasteiger partial charge in [0.15, 0.2) is 0 Å². The van der Waals surface area contributed by atoms with Crippen LogP contribution >= 0.6 is 11.8 Å². The normalized spacial score (nSPS) is 16.6. The molecule has 0 unspecified atom stereocenters. The predicted octanol–water partition coefficient (Wildman–Crippen LogP) is 3.07. The Labute approximate surface area is 117 Å². The van der Waals surface area contributed by atoms with Gasteiger partial charge in [-0.2, -0.15) is 0 Å². The minimum absolute atomic E-state index is 0.00327. The molecule has 1 aliphatic rings. The van der Waals surface area contributed by atoms with Gasteiger partial charge >= 0.3 is 0 Å². The molecule has 19 heavy (non-hydrogen) atoms. The monoisotopic (exact) mass is 274 g/mol. The molecule has 0 bridgehead atoms. The largest absolute Gasteiger partial charge is 0.295 e. The smallest absolute Gasteiger partial charge is 0.266 e. The lowest BCUT2D eigenvalue weighted by Gasteiger charge is -2.21. The van der Waals surface area contributed by atoms with Crippen molar-refractivity contribution in [1.29, 1.82) is 0 Å². The summed E-state index contributed by atoms with van der Waals surface area (Å²) in [6.07, 6.45) is 0. The van der Waals surface area contributed by atoms with E-state index in [-0.39, 0.29) is 11.0 Å². The molecule has 2 heterocycles. The van der Waals surface area contributed by atoms with E-state index < -0.39 is 0 Å². The lowest BCUT2D eigenvalue weighted by Crippen LogP contribution is -2.17. The lowest BCUT2D eigenvalue weighted by molar-refractivity contribution is 0.600. The average Bonchev–Trinajstić information content (AvgIpc) is 2.81. The molecule has 3 nitrogen and oxygen atoms in total. The van der Waals surface area contributed by atoms with E-state index in [0.29, 0.717) is 0 Å². The average molecular weight is 274 g/mol. The molecule has 3 rings (SSSR count). The molecule has 0 saturated carbocycles. The quantitative estimate of drug-likeness (QED) is 0.868. The van der Waals surface area contributed by atoms with Crippen molar-refractivity contribution in [1.82, 2.24) is 9.78 Å². The predicted molar refractivity (Wildman–Crippen MR) is 80.0 cm³/mol. The number of aryl methyl sites for hydroxylation is 1. The summed E-state index contributed by atoms with van der Waals surface area (Å²) in [5.74, 6) is 1.12. The summed E-state index contributed by atoms with van der Waals surface area (Å²) in [4.78, 5) is 13.0. The summed E-state index contributed by atoms with van der Waals surface area (Å²) in [6.45, 7) is 6.74. The minimum Gasteiger partial charge on any atom is -0.295 e. The third-order valence-electron chi connectivity index (χ3n) is 3.87. The summed E-state index contributed by atoms with van der Waals surface area (Å²) in [6, 6.07) is 5.97. The first kappa shape index (κ1) is 12.6. The molecule has 1 aromatic carbocycles. The first-order valence-corrected chi connectivity index (χ1v) is 7.42. The number of rotatable bonds is 1. The molecule has 0 radical (unpaired) electrons. The van der Waals surface area contributed by atoms with E-state index in [1.807, 2.05) is 11.8 Å². The second-order valence-corrected chi connectivity index (χ2v) is 6.87. The zero-order chi connectivity index (χ0) is 13.8. The lowest BCUT2D eigenvalue weighted by atomic mass is 9.82. The SMILES string of the molecule is Cc1c(-c2cc(=O)n(C)[nH]2)ccc2c1C(C)(C)CS2. The number of nitrogens with one attached hydrogen (secondary N) is 1. The van der Waals surface area contributed by atoms with Crippen LogP contribution in [0.5, 0.6) is 0 Å². The van der Waals surface area contributed by atoms with Crippen LogP contribution in [0.4, 0.5) is 0 Å². The van der Waals surface area contributed by atoms with Gasteiger partial charge in [-0.1, -0.05) is 19.9 Å². The Bertz CT molecular complexity index is 709. The van der Waals surface area contributed by atoms with Crippen molar-refractivity contribution in [2.24, 2.45) is 7.05 Å². The van der Waals surface area contributed by atoms with Gasteiger partial charge in [0, 0.05) is 34.7 Å². The molecule has 0 spiro atoms. The maximum Gasteiger partial charge on any atom is 0.266 e. The molecule has 0 atom stereocenters. The van der Waals surface area contributed by atoms with Crippen LogP contribution in [0.3, 0.4) is 0 Å². The van der Waals surface area contributed by atoms with Crippen LogP contribution in [0, 0.1) is 6.92 Å². The molecule has 0 aliphatic carbocycles. The second-order valence-electron chi connectivity index (χ2n) is 5.85. The molecule has 0 amide bonds. The molecule has 2 aromatic rings. The number of fused-ring (bicyclic) bond motifs is 1. The van der Waals surface area contributed by atoms with E-state index in [0.717, 1.165) is 17.0 Å². The van der Waals surface area contributed by atoms with Gasteiger partial charge in [0.25, 0.3) is 5.56 Å². The van der Waals surface area contributed by atoms with Crippen molar-refractivity contribution < 1.29 is 0 Å². The number of thioether (sulfide) groups is 1. The Morgan fingerprint density at radius 1 is 1.37 bits per heavy atom. The highest BCUT2D eigenvalue weighted by molar-refractivity contribution is 7.99. The molecule has 4 heteroatoms. The van der Waals surface area contributed by atoms with Gasteiger partial charge in [0.05, 0.1) is 5.69 Å². The zero-order valence-electron chi connectivity index (χ0n) is 11.7. The third kappa shape index (κ3) is 1.86. The molecule has 100 valence electrons. The topological polar surface area (TPSA) is 37.8 Å². The van der Waals surface area contributed by atoms with Crippen molar-refractivity contribution >= 4 is 11.8 Å². The number of benzene rings is 1. The van der Waals surface area contributed by atoms with Crippen LogP contribution < -0.4 is 5.56 Å². The number of aromatic amines is 1. The van der Waals surface area contributed by atoms with Crippen LogP contribution in [0.25, 0.3) is 11.3 Å². The van der Waals surface area contributed by atoms with E-state index >= 15 is 0 Å². The maximum atomic E-state index is 11.6. The molecular weight excluding hydrogens is 256 g/mol. The van der Waals surface area contributed by atoms with Crippen LogP contribution in [-0.2, 0) is 12.5 Å². The minimum atomic E-state index is 0.00327. The van der Waals surface area contributed by atoms with E-state index in [2.05, 4.69) is 38.0 Å². The van der Waals surface area contributed by atoms with E-state index in [1.165, 1.54) is 20.7 Å². The first-order valence-electron chi connectivity index (χ1n) is 6.43. The Balaban J connectivity index is 2.23. The summed E-state index contributed by atoms with van der Waals surface area (Å²) in [5.41, 5.74) is 4.96. The Hall–Kier alpha value is -1.42. The fourth-order valence-electron chi connectivity index (χ4n) is 2.90. The highest BCUT2D eigenvalue weighted by atomic mass is 32.2. The number of aromatic nitrogens is 2. The molecule has 1 aromatic heterocycles. The maximum absolute atomic E-state index is 11.6. The van der Waals surface area contributed by atoms with Gasteiger partial charge in [-0.15, -0.1) is 11.8 Å². The first-order chi connectivity index (χ1) is 8.90. The van der Waals surface area contributed by atoms with Gasteiger partial charge in [0.2, 0.25) is 0 Å². The van der Waals surface area contributed by atoms with Gasteiger partial charge in [-0.05, 0) is 24.1 Å². The van der Waals surface area contributed by atoms with Crippen LogP contribution in [0.1, 0.15) is 25.0 Å². The molecule has 1 N–H and O–H groups in total. The molecule has 0 saturated heterocycles. The number of nitrogens with zero attached hydrogens (tertiary/aromatic N) is 1. The molecule has 1 aliphatic heterocycles. The Kier molecular flexibility index (Phi) is 2.68. The number of hydrogen-bond acceptors (Lipinski definition) is 2. The fourth-order valence-corrected chi connectivity index (χ4v) is 4.30. The van der Waals surface area contributed by atoms with Crippen molar-refractivity contribution in [3.8, 4) is 11.3 Å². The van der Waals surface area contributed by atoms with E-state index in [4.69, 9.17) is 0 Å². The van der Waals surface area contributed by atoms with E-state index in [9.17, 15) is 4.79 Å². The fraction of sp³-hybridized carbons (Fsp3) is 0.400. The highest BCUT2D eigenvalue weighted by Crippen LogP contribution is 2.47. The van der Waals surface area contributed by atoms with Gasteiger partial charge < -0.3 is 0 Å². The summed E-state index contributed by atoms with van der Waals surface area (Å²) in [5, 5.41) is 3.12. The van der Waals surface area contributed by atoms with Crippen molar-refractivity contribution in [2.75, 3.05) is 5.75 Å². The third-order valence-corrected chi connectivity index (χ3v) is 5.39. The summed E-state index contributed by atoms with van der Waals surface area (Å²) < 4.78 is 1.52. The van der Waals surface area contributed by atoms with Crippen LogP contribution in [0.15, 0.2) is 27.9 Å². The van der Waals surface area contributed by atoms with E-state index in [1.54, 1.807) is 13.1 Å². The second kappa shape index (κ2) is 4.04. The summed E-state index contributed by atoms with van der Waals surface area (Å²) in [7, 11) is 1.74. The van der Waals surface area contributed by atoms with Crippen LogP contribution in [-0.4, -0.2) is 15.5 Å². The molecular formula is C15H18N2OS. The zero-order valence-corrected chi connectivity index (χ0v) is 12.5.